The lowest BCUT2D eigenvalue weighted by Crippen LogP contribution is -2.26. The van der Waals surface area contributed by atoms with Crippen molar-refractivity contribution in [3.05, 3.63) is 59.2 Å². The summed E-state index contributed by atoms with van der Waals surface area (Å²) in [6.07, 6.45) is -0.345. The minimum Gasteiger partial charge on any atom is -0.497 e. The number of halogens is 2. The molecule has 6 heteroatoms. The van der Waals surface area contributed by atoms with E-state index in [4.69, 9.17) is 10.00 Å². The van der Waals surface area contributed by atoms with Gasteiger partial charge in [0.25, 0.3) is 0 Å². The molecule has 0 amide bonds. The zero-order valence-electron chi connectivity index (χ0n) is 13.0. The minimum atomic E-state index is -0.812. The number of benzene rings is 2. The van der Waals surface area contributed by atoms with Crippen molar-refractivity contribution in [2.75, 3.05) is 18.6 Å². The molecule has 3 rings (SSSR count). The van der Waals surface area contributed by atoms with Gasteiger partial charge in [0, 0.05) is 6.54 Å². The van der Waals surface area contributed by atoms with Crippen LogP contribution >= 0.6 is 0 Å². The topological polar surface area (TPSA) is 56.5 Å². The molecule has 0 spiro atoms. The van der Waals surface area contributed by atoms with Crippen LogP contribution in [0.1, 0.15) is 23.6 Å². The first-order valence-corrected chi connectivity index (χ1v) is 7.51. The molecule has 1 heterocycles. The second-order valence-electron chi connectivity index (χ2n) is 5.73. The highest BCUT2D eigenvalue weighted by Crippen LogP contribution is 2.39. The van der Waals surface area contributed by atoms with E-state index in [9.17, 15) is 13.9 Å². The average molecular weight is 330 g/mol. The van der Waals surface area contributed by atoms with Gasteiger partial charge in [0.15, 0.2) is 11.6 Å². The molecule has 1 aliphatic heterocycles. The van der Waals surface area contributed by atoms with Crippen LogP contribution in [0.3, 0.4) is 0 Å². The molecule has 1 aliphatic rings. The summed E-state index contributed by atoms with van der Waals surface area (Å²) in [5, 5.41) is 18.9. The van der Waals surface area contributed by atoms with Crippen molar-refractivity contribution in [2.45, 2.75) is 18.6 Å². The Balaban J connectivity index is 2.04. The van der Waals surface area contributed by atoms with E-state index in [0.717, 1.165) is 17.7 Å². The Morgan fingerprint density at radius 1 is 1.25 bits per heavy atom. The van der Waals surface area contributed by atoms with E-state index in [1.54, 1.807) is 31.4 Å². The van der Waals surface area contributed by atoms with Crippen molar-refractivity contribution in [3.8, 4) is 11.8 Å². The summed E-state index contributed by atoms with van der Waals surface area (Å²) in [7, 11) is 1.54. The number of ether oxygens (including phenoxy) is 1. The molecule has 0 aromatic heterocycles. The summed E-state index contributed by atoms with van der Waals surface area (Å²) < 4.78 is 33.9. The van der Waals surface area contributed by atoms with Crippen LogP contribution in [0.25, 0.3) is 0 Å². The normalized spacial score (nSPS) is 20.0. The van der Waals surface area contributed by atoms with Crippen molar-refractivity contribution in [1.29, 1.82) is 5.26 Å². The van der Waals surface area contributed by atoms with E-state index in [1.165, 1.54) is 4.90 Å². The number of nitrogens with zero attached hydrogens (tertiary/aromatic N) is 2. The Kier molecular flexibility index (Phi) is 4.36. The predicted molar refractivity (Wildman–Crippen MR) is 84.8 cm³/mol. The average Bonchev–Trinajstić information content (AvgIpc) is 2.95. The third kappa shape index (κ3) is 2.91. The summed E-state index contributed by atoms with van der Waals surface area (Å²) in [6, 6.07) is 10.5. The molecule has 2 aromatic carbocycles. The second-order valence-corrected chi connectivity index (χ2v) is 5.73. The Bertz CT molecular complexity index is 781. The van der Waals surface area contributed by atoms with Gasteiger partial charge in [-0.1, -0.05) is 12.1 Å². The van der Waals surface area contributed by atoms with Gasteiger partial charge in [-0.25, -0.2) is 8.78 Å². The lowest BCUT2D eigenvalue weighted by Gasteiger charge is -2.28. The van der Waals surface area contributed by atoms with Gasteiger partial charge in [0.05, 0.1) is 30.9 Å². The molecular weight excluding hydrogens is 314 g/mol. The van der Waals surface area contributed by atoms with E-state index in [1.807, 2.05) is 6.07 Å². The molecule has 2 aromatic rings. The highest BCUT2D eigenvalue weighted by atomic mass is 19.1. The Morgan fingerprint density at radius 2 is 1.96 bits per heavy atom. The number of hydrogen-bond donors (Lipinski definition) is 1. The zero-order chi connectivity index (χ0) is 17.3. The van der Waals surface area contributed by atoms with Gasteiger partial charge in [-0.05, 0) is 36.2 Å². The molecule has 24 heavy (non-hydrogen) atoms. The SMILES string of the molecule is COc1cccc([C@H]2C[C@H](O)CN2c2c(F)cc(C#N)cc2F)c1. The molecule has 0 bridgehead atoms. The van der Waals surface area contributed by atoms with Gasteiger partial charge < -0.3 is 14.7 Å². The smallest absolute Gasteiger partial charge is 0.150 e. The molecule has 0 saturated carbocycles. The fourth-order valence-electron chi connectivity index (χ4n) is 3.13. The fraction of sp³-hybridized carbons (Fsp3) is 0.278. The van der Waals surface area contributed by atoms with Gasteiger partial charge in [0.1, 0.15) is 11.4 Å². The third-order valence-corrected chi connectivity index (χ3v) is 4.19. The minimum absolute atomic E-state index is 0.0774. The molecule has 4 nitrogen and oxygen atoms in total. The number of rotatable bonds is 3. The summed E-state index contributed by atoms with van der Waals surface area (Å²) in [4.78, 5) is 1.51. The second kappa shape index (κ2) is 6.46. The monoisotopic (exact) mass is 330 g/mol. The quantitative estimate of drug-likeness (QED) is 0.939. The molecule has 1 N–H and O–H groups in total. The number of anilines is 1. The zero-order valence-corrected chi connectivity index (χ0v) is 13.0. The third-order valence-electron chi connectivity index (χ3n) is 4.19. The maximum Gasteiger partial charge on any atom is 0.150 e. The van der Waals surface area contributed by atoms with E-state index < -0.39 is 17.7 Å². The van der Waals surface area contributed by atoms with Crippen LogP contribution in [-0.2, 0) is 0 Å². The van der Waals surface area contributed by atoms with Gasteiger partial charge in [-0.2, -0.15) is 5.26 Å². The van der Waals surface area contributed by atoms with Gasteiger partial charge in [-0.3, -0.25) is 0 Å². The van der Waals surface area contributed by atoms with Crippen molar-refractivity contribution >= 4 is 5.69 Å². The molecule has 1 fully saturated rings. The highest BCUT2D eigenvalue weighted by Gasteiger charge is 2.35. The van der Waals surface area contributed by atoms with Gasteiger partial charge in [0.2, 0.25) is 0 Å². The summed E-state index contributed by atoms with van der Waals surface area (Å²) >= 11 is 0. The first kappa shape index (κ1) is 16.2. The van der Waals surface area contributed by atoms with Crippen molar-refractivity contribution in [3.63, 3.8) is 0 Å². The highest BCUT2D eigenvalue weighted by molar-refractivity contribution is 5.56. The standard InChI is InChI=1S/C18H16F2N2O2/c1-24-14-4-2-3-12(7-14)17-8-13(23)10-22(17)18-15(19)5-11(9-21)6-16(18)20/h2-7,13,17,23H,8,10H2,1H3/t13-,17+/m0/s1. The van der Waals surface area contributed by atoms with E-state index in [0.29, 0.717) is 12.2 Å². The molecule has 0 aliphatic carbocycles. The molecule has 1 saturated heterocycles. The Labute approximate surface area is 138 Å². The van der Waals surface area contributed by atoms with Crippen LogP contribution in [0, 0.1) is 23.0 Å². The van der Waals surface area contributed by atoms with E-state index in [-0.39, 0.29) is 23.8 Å². The Morgan fingerprint density at radius 3 is 2.58 bits per heavy atom. The maximum atomic E-state index is 14.4. The van der Waals surface area contributed by atoms with Crippen LogP contribution in [0.15, 0.2) is 36.4 Å². The van der Waals surface area contributed by atoms with Crippen molar-refractivity contribution < 1.29 is 18.6 Å². The van der Waals surface area contributed by atoms with Crippen molar-refractivity contribution in [2.24, 2.45) is 0 Å². The lowest BCUT2D eigenvalue weighted by atomic mass is 10.0. The van der Waals surface area contributed by atoms with Crippen LogP contribution in [0.4, 0.5) is 14.5 Å². The summed E-state index contributed by atoms with van der Waals surface area (Å²) in [5.41, 5.74) is 0.499. The fourth-order valence-corrected chi connectivity index (χ4v) is 3.13. The predicted octanol–water partition coefficient (Wildman–Crippen LogP) is 3.16. The summed E-state index contributed by atoms with van der Waals surface area (Å²) in [5.74, 6) is -0.989. The van der Waals surface area contributed by atoms with Crippen LogP contribution in [-0.4, -0.2) is 24.9 Å². The van der Waals surface area contributed by atoms with E-state index in [2.05, 4.69) is 0 Å². The van der Waals surface area contributed by atoms with Crippen LogP contribution in [0.2, 0.25) is 0 Å². The van der Waals surface area contributed by atoms with E-state index >= 15 is 0 Å². The number of β-amino-alcohol motifs (C(OH)–C–C–N with tert-alkyl or cyclic N) is 1. The van der Waals surface area contributed by atoms with Gasteiger partial charge in [-0.15, -0.1) is 0 Å². The molecule has 124 valence electrons. The lowest BCUT2D eigenvalue weighted by molar-refractivity contribution is 0.194. The molecule has 0 radical (unpaired) electrons. The number of hydrogen-bond acceptors (Lipinski definition) is 4. The Hall–Kier alpha value is -2.65. The summed E-state index contributed by atoms with van der Waals surface area (Å²) in [6.45, 7) is 0.113. The first-order chi connectivity index (χ1) is 11.5. The molecule has 0 unspecified atom stereocenters. The first-order valence-electron chi connectivity index (χ1n) is 7.51. The number of aliphatic hydroxyl groups excluding tert-OH is 1. The van der Waals surface area contributed by atoms with Crippen molar-refractivity contribution in [1.82, 2.24) is 0 Å². The van der Waals surface area contributed by atoms with Crippen LogP contribution in [0.5, 0.6) is 5.75 Å². The van der Waals surface area contributed by atoms with Crippen LogP contribution < -0.4 is 9.64 Å². The number of methoxy groups -OCH3 is 1. The maximum absolute atomic E-state index is 14.4. The number of nitriles is 1. The molecular formula is C18H16F2N2O2. The largest absolute Gasteiger partial charge is 0.497 e. The van der Waals surface area contributed by atoms with Gasteiger partial charge >= 0.3 is 0 Å². The molecule has 2 atom stereocenters. The number of aliphatic hydroxyl groups is 1.